The van der Waals surface area contributed by atoms with Crippen LogP contribution in [0.25, 0.3) is 0 Å². The summed E-state index contributed by atoms with van der Waals surface area (Å²) in [6.45, 7) is 0. The third-order valence-electron chi connectivity index (χ3n) is 2.59. The van der Waals surface area contributed by atoms with Gasteiger partial charge in [-0.3, -0.25) is 4.79 Å². The van der Waals surface area contributed by atoms with Gasteiger partial charge in [0.15, 0.2) is 0 Å². The second-order valence-corrected chi connectivity index (χ2v) is 3.83. The molecule has 1 heterocycles. The third-order valence-corrected chi connectivity index (χ3v) is 2.89. The summed E-state index contributed by atoms with van der Waals surface area (Å²) in [4.78, 5) is 13.1. The maximum absolute atomic E-state index is 11.6. The fourth-order valence-electron chi connectivity index (χ4n) is 1.71. The summed E-state index contributed by atoms with van der Waals surface area (Å²) in [5.41, 5.74) is 7.27. The average molecular weight is 227 g/mol. The Hall–Kier alpha value is -1.26. The molecule has 2 N–H and O–H groups in total. The Morgan fingerprint density at radius 2 is 2.20 bits per heavy atom. The standard InChI is InChI=1S/C10H11ClN2O2/c1-13-7-4-6(11)8(15-2)3-5(7)9(12)10(13)14/h3-4,9H,12H2,1-2H3. The van der Waals surface area contributed by atoms with E-state index in [2.05, 4.69) is 0 Å². The lowest BCUT2D eigenvalue weighted by Gasteiger charge is -2.11. The van der Waals surface area contributed by atoms with Crippen LogP contribution in [0.4, 0.5) is 5.69 Å². The van der Waals surface area contributed by atoms with Gasteiger partial charge in [-0.15, -0.1) is 0 Å². The van der Waals surface area contributed by atoms with Crippen LogP contribution in [-0.4, -0.2) is 20.1 Å². The van der Waals surface area contributed by atoms with Crippen molar-refractivity contribution in [1.29, 1.82) is 0 Å². The number of carbonyl (C=O) groups excluding carboxylic acids is 1. The number of fused-ring (bicyclic) bond motifs is 1. The van der Waals surface area contributed by atoms with Crippen LogP contribution in [-0.2, 0) is 4.79 Å². The number of benzene rings is 1. The normalized spacial score (nSPS) is 19.3. The van der Waals surface area contributed by atoms with Crippen LogP contribution < -0.4 is 15.4 Å². The van der Waals surface area contributed by atoms with E-state index in [0.717, 1.165) is 11.3 Å². The number of hydrogen-bond acceptors (Lipinski definition) is 3. The Morgan fingerprint density at radius 1 is 1.53 bits per heavy atom. The van der Waals surface area contributed by atoms with Gasteiger partial charge >= 0.3 is 0 Å². The fraction of sp³-hybridized carbons (Fsp3) is 0.300. The molecule has 1 aliphatic heterocycles. The number of halogens is 1. The van der Waals surface area contributed by atoms with E-state index in [0.29, 0.717) is 10.8 Å². The first-order valence-electron chi connectivity index (χ1n) is 4.47. The summed E-state index contributed by atoms with van der Waals surface area (Å²) < 4.78 is 5.07. The molecule has 0 spiro atoms. The first-order chi connectivity index (χ1) is 7.06. The highest BCUT2D eigenvalue weighted by Crippen LogP contribution is 2.39. The van der Waals surface area contributed by atoms with Crippen molar-refractivity contribution in [2.24, 2.45) is 5.73 Å². The monoisotopic (exact) mass is 226 g/mol. The molecule has 1 amide bonds. The minimum atomic E-state index is -0.615. The number of amides is 1. The second-order valence-electron chi connectivity index (χ2n) is 3.42. The Morgan fingerprint density at radius 3 is 2.80 bits per heavy atom. The molecule has 0 fully saturated rings. The summed E-state index contributed by atoms with van der Waals surface area (Å²) in [5.74, 6) is 0.406. The highest BCUT2D eigenvalue weighted by Gasteiger charge is 2.33. The van der Waals surface area contributed by atoms with E-state index < -0.39 is 6.04 Å². The topological polar surface area (TPSA) is 55.6 Å². The van der Waals surface area contributed by atoms with Gasteiger partial charge in [-0.2, -0.15) is 0 Å². The first-order valence-corrected chi connectivity index (χ1v) is 4.84. The van der Waals surface area contributed by atoms with Crippen LogP contribution in [0.5, 0.6) is 5.75 Å². The van der Waals surface area contributed by atoms with Crippen LogP contribution in [0.1, 0.15) is 11.6 Å². The van der Waals surface area contributed by atoms with Crippen molar-refractivity contribution in [3.05, 3.63) is 22.7 Å². The molecule has 1 atom stereocenters. The molecule has 80 valence electrons. The van der Waals surface area contributed by atoms with Gasteiger partial charge in [0.2, 0.25) is 5.91 Å². The fourth-order valence-corrected chi connectivity index (χ4v) is 1.95. The number of rotatable bonds is 1. The van der Waals surface area contributed by atoms with Crippen LogP contribution in [0.2, 0.25) is 5.02 Å². The Labute approximate surface area is 92.6 Å². The number of carbonyl (C=O) groups is 1. The minimum Gasteiger partial charge on any atom is -0.495 e. The van der Waals surface area contributed by atoms with Gasteiger partial charge in [-0.1, -0.05) is 11.6 Å². The SMILES string of the molecule is COc1cc2c(cc1Cl)N(C)C(=O)C2N. The molecule has 0 bridgehead atoms. The van der Waals surface area contributed by atoms with Crippen molar-refractivity contribution in [3.63, 3.8) is 0 Å². The summed E-state index contributed by atoms with van der Waals surface area (Å²) in [7, 11) is 3.20. The van der Waals surface area contributed by atoms with E-state index in [1.165, 1.54) is 12.0 Å². The van der Waals surface area contributed by atoms with Crippen LogP contribution in [0.15, 0.2) is 12.1 Å². The number of methoxy groups -OCH3 is 1. The molecule has 0 aliphatic carbocycles. The second kappa shape index (κ2) is 3.40. The zero-order valence-corrected chi connectivity index (χ0v) is 9.21. The van der Waals surface area contributed by atoms with E-state index in [4.69, 9.17) is 22.1 Å². The summed E-state index contributed by atoms with van der Waals surface area (Å²) in [5, 5.41) is 0.477. The molecule has 5 heteroatoms. The van der Waals surface area contributed by atoms with Gasteiger partial charge in [-0.25, -0.2) is 0 Å². The van der Waals surface area contributed by atoms with Crippen molar-refractivity contribution in [2.75, 3.05) is 19.1 Å². The largest absolute Gasteiger partial charge is 0.495 e. The molecule has 15 heavy (non-hydrogen) atoms. The van der Waals surface area contributed by atoms with E-state index in [9.17, 15) is 4.79 Å². The molecule has 0 radical (unpaired) electrons. The van der Waals surface area contributed by atoms with Gasteiger partial charge in [0.05, 0.1) is 17.8 Å². The molecule has 0 saturated carbocycles. The van der Waals surface area contributed by atoms with Crippen LogP contribution >= 0.6 is 11.6 Å². The van der Waals surface area contributed by atoms with E-state index >= 15 is 0 Å². The quantitative estimate of drug-likeness (QED) is 0.786. The van der Waals surface area contributed by atoms with Crippen molar-refractivity contribution < 1.29 is 9.53 Å². The third kappa shape index (κ3) is 1.37. The maximum atomic E-state index is 11.6. The first kappa shape index (κ1) is 10.3. The number of nitrogens with two attached hydrogens (primary N) is 1. The van der Waals surface area contributed by atoms with Crippen LogP contribution in [0.3, 0.4) is 0 Å². The molecule has 1 aromatic carbocycles. The maximum Gasteiger partial charge on any atom is 0.248 e. The molecule has 1 aliphatic rings. The summed E-state index contributed by atoms with van der Waals surface area (Å²) in [6.07, 6.45) is 0. The molecule has 4 nitrogen and oxygen atoms in total. The Balaban J connectivity index is 2.60. The van der Waals surface area contributed by atoms with Crippen LogP contribution in [0, 0.1) is 0 Å². The Kier molecular flexibility index (Phi) is 2.32. The van der Waals surface area contributed by atoms with E-state index in [1.807, 2.05) is 0 Å². The Bertz CT molecular complexity index is 434. The molecular weight excluding hydrogens is 216 g/mol. The van der Waals surface area contributed by atoms with Crippen molar-refractivity contribution in [1.82, 2.24) is 0 Å². The van der Waals surface area contributed by atoms with Gasteiger partial charge < -0.3 is 15.4 Å². The lowest BCUT2D eigenvalue weighted by molar-refractivity contribution is -0.118. The van der Waals surface area contributed by atoms with Gasteiger partial charge in [-0.05, 0) is 12.1 Å². The van der Waals surface area contributed by atoms with Gasteiger partial charge in [0.1, 0.15) is 11.8 Å². The number of nitrogens with zero attached hydrogens (tertiary/aromatic N) is 1. The van der Waals surface area contributed by atoms with E-state index in [1.54, 1.807) is 19.2 Å². The smallest absolute Gasteiger partial charge is 0.248 e. The zero-order valence-electron chi connectivity index (χ0n) is 8.45. The number of anilines is 1. The van der Waals surface area contributed by atoms with Crippen molar-refractivity contribution in [2.45, 2.75) is 6.04 Å². The van der Waals surface area contributed by atoms with E-state index in [-0.39, 0.29) is 5.91 Å². The molecule has 2 rings (SSSR count). The van der Waals surface area contributed by atoms with Gasteiger partial charge in [0, 0.05) is 12.6 Å². The van der Waals surface area contributed by atoms with Crippen molar-refractivity contribution >= 4 is 23.2 Å². The lowest BCUT2D eigenvalue weighted by atomic mass is 10.1. The van der Waals surface area contributed by atoms with Crippen molar-refractivity contribution in [3.8, 4) is 5.75 Å². The predicted molar refractivity (Wildman–Crippen MR) is 58.3 cm³/mol. The summed E-state index contributed by atoms with van der Waals surface area (Å²) in [6, 6.07) is 2.79. The lowest BCUT2D eigenvalue weighted by Crippen LogP contribution is -2.27. The molecule has 1 unspecified atom stereocenters. The molecule has 0 saturated heterocycles. The zero-order chi connectivity index (χ0) is 11.2. The number of likely N-dealkylation sites (N-methyl/N-ethyl adjacent to an activating group) is 1. The van der Waals surface area contributed by atoms with Gasteiger partial charge in [0.25, 0.3) is 0 Å². The summed E-state index contributed by atoms with van der Waals surface area (Å²) >= 11 is 5.96. The average Bonchev–Trinajstić information content (AvgIpc) is 2.43. The minimum absolute atomic E-state index is 0.130. The predicted octanol–water partition coefficient (Wildman–Crippen LogP) is 1.32. The highest BCUT2D eigenvalue weighted by atomic mass is 35.5. The highest BCUT2D eigenvalue weighted by molar-refractivity contribution is 6.32. The molecular formula is C10H11ClN2O2. The number of ether oxygens (including phenoxy) is 1. The molecule has 1 aromatic rings. The number of hydrogen-bond donors (Lipinski definition) is 1. The molecule has 0 aromatic heterocycles.